The lowest BCUT2D eigenvalue weighted by Gasteiger charge is -2.16. The molecule has 1 fully saturated rings. The molecule has 2 amide bonds. The van der Waals surface area contributed by atoms with E-state index in [1.165, 1.54) is 0 Å². The molecule has 168 valence electrons. The van der Waals surface area contributed by atoms with E-state index in [0.717, 1.165) is 16.6 Å². The number of pyridine rings is 1. The van der Waals surface area contributed by atoms with Crippen molar-refractivity contribution in [1.29, 1.82) is 0 Å². The van der Waals surface area contributed by atoms with Crippen molar-refractivity contribution in [2.45, 2.75) is 12.6 Å². The van der Waals surface area contributed by atoms with Crippen molar-refractivity contribution >= 4 is 34.4 Å². The van der Waals surface area contributed by atoms with Gasteiger partial charge in [-0.3, -0.25) is 19.7 Å². The fraction of sp³-hybridized carbons (Fsp3) is 0.250. The van der Waals surface area contributed by atoms with E-state index in [2.05, 4.69) is 20.5 Å². The third-order valence-corrected chi connectivity index (χ3v) is 4.68. The molecule has 4 rings (SSSR count). The van der Waals surface area contributed by atoms with Crippen LogP contribution in [0.25, 0.3) is 10.9 Å². The number of anilines is 1. The second kappa shape index (κ2) is 9.45. The van der Waals surface area contributed by atoms with Crippen molar-refractivity contribution in [3.8, 4) is 0 Å². The zero-order chi connectivity index (χ0) is 23.3. The number of hydrogen-bond donors (Lipinski definition) is 3. The van der Waals surface area contributed by atoms with Crippen LogP contribution in [0, 0.1) is 5.92 Å². The average Bonchev–Trinajstić information content (AvgIpc) is 3.43. The van der Waals surface area contributed by atoms with Crippen LogP contribution in [0.3, 0.4) is 0 Å². The summed E-state index contributed by atoms with van der Waals surface area (Å²) in [5, 5.41) is 17.8. The minimum Gasteiger partial charge on any atom is -0.475 e. The Morgan fingerprint density at radius 1 is 1.19 bits per heavy atom. The number of H-pyrrole nitrogens is 1. The fourth-order valence-corrected chi connectivity index (χ4v) is 3.07. The van der Waals surface area contributed by atoms with Crippen molar-refractivity contribution in [3.05, 3.63) is 54.5 Å². The molecule has 1 aliphatic rings. The molecule has 1 atom stereocenters. The van der Waals surface area contributed by atoms with E-state index in [9.17, 15) is 22.8 Å². The molecule has 3 aromatic rings. The van der Waals surface area contributed by atoms with E-state index in [0.29, 0.717) is 25.2 Å². The summed E-state index contributed by atoms with van der Waals surface area (Å²) in [5.74, 6) is -3.17. The molecule has 32 heavy (non-hydrogen) atoms. The van der Waals surface area contributed by atoms with E-state index in [1.807, 2.05) is 18.2 Å². The van der Waals surface area contributed by atoms with Crippen molar-refractivity contribution < 1.29 is 32.7 Å². The minimum absolute atomic E-state index is 0.0702. The molecule has 0 aliphatic carbocycles. The van der Waals surface area contributed by atoms with Crippen LogP contribution < -0.4 is 5.32 Å². The molecule has 12 heteroatoms. The van der Waals surface area contributed by atoms with Gasteiger partial charge in [0.2, 0.25) is 5.91 Å². The van der Waals surface area contributed by atoms with Gasteiger partial charge in [0, 0.05) is 30.4 Å². The number of benzene rings is 1. The first kappa shape index (κ1) is 22.7. The van der Waals surface area contributed by atoms with Gasteiger partial charge in [-0.1, -0.05) is 6.07 Å². The molecule has 9 nitrogen and oxygen atoms in total. The molecular weight excluding hydrogens is 431 g/mol. The van der Waals surface area contributed by atoms with Gasteiger partial charge in [0.15, 0.2) is 0 Å². The Balaban J connectivity index is 0.000000360. The average molecular weight is 449 g/mol. The van der Waals surface area contributed by atoms with Crippen LogP contribution in [-0.4, -0.2) is 62.2 Å². The highest BCUT2D eigenvalue weighted by atomic mass is 19.4. The number of aromatic amines is 1. The number of alkyl halides is 3. The van der Waals surface area contributed by atoms with Gasteiger partial charge in [-0.25, -0.2) is 4.79 Å². The summed E-state index contributed by atoms with van der Waals surface area (Å²) in [6.07, 6.45) is -1.12. The zero-order valence-electron chi connectivity index (χ0n) is 16.5. The molecule has 1 saturated heterocycles. The molecule has 1 aromatic carbocycles. The van der Waals surface area contributed by atoms with Gasteiger partial charge < -0.3 is 15.3 Å². The highest BCUT2D eigenvalue weighted by Gasteiger charge is 2.38. The van der Waals surface area contributed by atoms with Crippen LogP contribution in [0.1, 0.15) is 16.9 Å². The Hall–Kier alpha value is -3.96. The topological polar surface area (TPSA) is 128 Å². The lowest BCUT2D eigenvalue weighted by Crippen LogP contribution is -2.31. The van der Waals surface area contributed by atoms with E-state index in [4.69, 9.17) is 9.90 Å². The Kier molecular flexibility index (Phi) is 6.71. The van der Waals surface area contributed by atoms with Gasteiger partial charge in [-0.15, -0.1) is 0 Å². The first-order valence-corrected chi connectivity index (χ1v) is 9.39. The number of carbonyl (C=O) groups excluding carboxylic acids is 2. The number of carboxylic acid groups (broad SMARTS) is 1. The second-order valence-electron chi connectivity index (χ2n) is 6.92. The number of fused-ring (bicyclic) bond motifs is 1. The number of halogens is 3. The highest BCUT2D eigenvalue weighted by Crippen LogP contribution is 2.22. The zero-order valence-corrected chi connectivity index (χ0v) is 16.5. The van der Waals surface area contributed by atoms with Gasteiger partial charge in [0.1, 0.15) is 5.69 Å². The number of nitrogens with one attached hydrogen (secondary N) is 2. The van der Waals surface area contributed by atoms with E-state index >= 15 is 0 Å². The van der Waals surface area contributed by atoms with E-state index in [-0.39, 0.29) is 17.7 Å². The Morgan fingerprint density at radius 3 is 2.59 bits per heavy atom. The highest BCUT2D eigenvalue weighted by molar-refractivity contribution is 5.97. The first-order chi connectivity index (χ1) is 15.1. The van der Waals surface area contributed by atoms with Crippen LogP contribution in [0.4, 0.5) is 18.9 Å². The summed E-state index contributed by atoms with van der Waals surface area (Å²) in [5.41, 5.74) is 2.06. The summed E-state index contributed by atoms with van der Waals surface area (Å²) in [4.78, 5) is 39.6. The van der Waals surface area contributed by atoms with Crippen LogP contribution >= 0.6 is 0 Å². The molecule has 0 radical (unpaired) electrons. The third-order valence-electron chi connectivity index (χ3n) is 4.68. The SMILES string of the molecule is O=C(Nc1ccc2[nH]ncc2c1)C1CCN(C(=O)c2ccccn2)C1.O=C(O)C(F)(F)F. The molecule has 3 heterocycles. The Morgan fingerprint density at radius 2 is 1.94 bits per heavy atom. The van der Waals surface area contributed by atoms with Crippen molar-refractivity contribution in [2.75, 3.05) is 18.4 Å². The number of aromatic nitrogens is 3. The maximum Gasteiger partial charge on any atom is 0.490 e. The number of carbonyl (C=O) groups is 3. The van der Waals surface area contributed by atoms with E-state index < -0.39 is 12.1 Å². The molecule has 1 unspecified atom stereocenters. The van der Waals surface area contributed by atoms with Gasteiger partial charge in [0.25, 0.3) is 5.91 Å². The van der Waals surface area contributed by atoms with Crippen molar-refractivity contribution in [2.24, 2.45) is 5.92 Å². The van der Waals surface area contributed by atoms with Gasteiger partial charge in [-0.2, -0.15) is 18.3 Å². The summed E-state index contributed by atoms with van der Waals surface area (Å²) >= 11 is 0. The summed E-state index contributed by atoms with van der Waals surface area (Å²) in [7, 11) is 0. The van der Waals surface area contributed by atoms with Crippen molar-refractivity contribution in [3.63, 3.8) is 0 Å². The van der Waals surface area contributed by atoms with Crippen LogP contribution in [-0.2, 0) is 9.59 Å². The van der Waals surface area contributed by atoms with Crippen molar-refractivity contribution in [1.82, 2.24) is 20.1 Å². The quantitative estimate of drug-likeness (QED) is 0.564. The van der Waals surface area contributed by atoms with Gasteiger partial charge in [-0.05, 0) is 36.8 Å². The number of nitrogens with zero attached hydrogens (tertiary/aromatic N) is 3. The van der Waals surface area contributed by atoms with Gasteiger partial charge in [0.05, 0.1) is 17.6 Å². The third kappa shape index (κ3) is 5.59. The minimum atomic E-state index is -5.08. The number of hydrogen-bond acceptors (Lipinski definition) is 5. The van der Waals surface area contributed by atoms with Crippen LogP contribution in [0.15, 0.2) is 48.8 Å². The molecule has 3 N–H and O–H groups in total. The van der Waals surface area contributed by atoms with Crippen LogP contribution in [0.2, 0.25) is 0 Å². The number of rotatable bonds is 3. The predicted octanol–water partition coefficient (Wildman–Crippen LogP) is 2.69. The number of amides is 2. The molecule has 0 saturated carbocycles. The smallest absolute Gasteiger partial charge is 0.475 e. The molecule has 0 bridgehead atoms. The van der Waals surface area contributed by atoms with E-state index in [1.54, 1.807) is 35.5 Å². The largest absolute Gasteiger partial charge is 0.490 e. The maximum absolute atomic E-state index is 12.5. The molecular formula is C20H18F3N5O4. The normalized spacial score (nSPS) is 15.7. The molecule has 0 spiro atoms. The second-order valence-corrected chi connectivity index (χ2v) is 6.92. The van der Waals surface area contributed by atoms with Gasteiger partial charge >= 0.3 is 12.1 Å². The maximum atomic E-state index is 12.5. The standard InChI is InChI=1S/C18H17N5O2.C2HF3O2/c24-17(21-14-4-5-15-13(9-14)10-20-22-15)12-6-8-23(11-12)18(25)16-3-1-2-7-19-16;3-2(4,5)1(6)7/h1-5,7,9-10,12H,6,8,11H2,(H,20,22)(H,21,24);(H,6,7). The molecule has 1 aliphatic heterocycles. The predicted molar refractivity (Wildman–Crippen MR) is 107 cm³/mol. The number of likely N-dealkylation sites (tertiary alicyclic amines) is 1. The first-order valence-electron chi connectivity index (χ1n) is 9.39. The number of aliphatic carboxylic acids is 1. The number of carboxylic acids is 1. The monoisotopic (exact) mass is 449 g/mol. The summed E-state index contributed by atoms with van der Waals surface area (Å²) < 4.78 is 31.7. The molecule has 2 aromatic heterocycles. The summed E-state index contributed by atoms with van der Waals surface area (Å²) in [6, 6.07) is 10.8. The van der Waals surface area contributed by atoms with Crippen LogP contribution in [0.5, 0.6) is 0 Å². The summed E-state index contributed by atoms with van der Waals surface area (Å²) in [6.45, 7) is 0.976. The fourth-order valence-electron chi connectivity index (χ4n) is 3.07. The Bertz CT molecular complexity index is 1120. The lowest BCUT2D eigenvalue weighted by molar-refractivity contribution is -0.192. The Labute approximate surface area is 179 Å². The lowest BCUT2D eigenvalue weighted by atomic mass is 10.1.